The number of hydrogen-bond acceptors (Lipinski definition) is 2. The van der Waals surface area contributed by atoms with Crippen molar-refractivity contribution in [2.45, 2.75) is 5.92 Å². The summed E-state index contributed by atoms with van der Waals surface area (Å²) in [6.07, 6.45) is 0. The molecule has 2 nitrogen and oxygen atoms in total. The molecule has 116 valence electrons. The summed E-state index contributed by atoms with van der Waals surface area (Å²) in [4.78, 5) is 17.8. The van der Waals surface area contributed by atoms with E-state index >= 15 is 0 Å². The van der Waals surface area contributed by atoms with Crippen LogP contribution in [0.2, 0.25) is 5.02 Å². The second-order valence-corrected chi connectivity index (χ2v) is 6.16. The van der Waals surface area contributed by atoms with Crippen molar-refractivity contribution in [3.8, 4) is 0 Å². The molecule has 1 aliphatic rings. The van der Waals surface area contributed by atoms with E-state index in [-0.39, 0.29) is 11.7 Å². The summed E-state index contributed by atoms with van der Waals surface area (Å²) in [5.41, 5.74) is 4.19. The Kier molecular flexibility index (Phi) is 3.75. The van der Waals surface area contributed by atoms with Crippen LogP contribution in [0.5, 0.6) is 0 Å². The van der Waals surface area contributed by atoms with E-state index in [0.717, 1.165) is 28.1 Å². The second-order valence-electron chi connectivity index (χ2n) is 5.73. The van der Waals surface area contributed by atoms with E-state index in [9.17, 15) is 4.79 Å². The molecule has 3 aromatic rings. The van der Waals surface area contributed by atoms with Gasteiger partial charge in [-0.3, -0.25) is 9.79 Å². The molecule has 1 atom stereocenters. The van der Waals surface area contributed by atoms with Crippen LogP contribution in [-0.4, -0.2) is 11.5 Å². The highest BCUT2D eigenvalue weighted by Gasteiger charge is 2.37. The highest BCUT2D eigenvalue weighted by atomic mass is 35.5. The average molecular weight is 332 g/mol. The lowest BCUT2D eigenvalue weighted by molar-refractivity contribution is 0.0988. The van der Waals surface area contributed by atoms with Crippen LogP contribution >= 0.6 is 11.6 Å². The molecule has 24 heavy (non-hydrogen) atoms. The zero-order valence-electron chi connectivity index (χ0n) is 12.8. The average Bonchev–Trinajstić information content (AvgIpc) is 2.89. The third-order valence-electron chi connectivity index (χ3n) is 4.21. The number of para-hydroxylation sites is 1. The smallest absolute Gasteiger partial charge is 0.176 e. The topological polar surface area (TPSA) is 29.4 Å². The van der Waals surface area contributed by atoms with Crippen LogP contribution in [0.1, 0.15) is 27.4 Å². The van der Waals surface area contributed by atoms with Crippen LogP contribution in [0.3, 0.4) is 0 Å². The van der Waals surface area contributed by atoms with Crippen molar-refractivity contribution in [3.63, 3.8) is 0 Å². The quantitative estimate of drug-likeness (QED) is 0.614. The zero-order chi connectivity index (χ0) is 16.5. The summed E-state index contributed by atoms with van der Waals surface area (Å²) in [5.74, 6) is -0.303. The summed E-state index contributed by atoms with van der Waals surface area (Å²) < 4.78 is 0. The van der Waals surface area contributed by atoms with Crippen LogP contribution in [-0.2, 0) is 0 Å². The van der Waals surface area contributed by atoms with E-state index in [2.05, 4.69) is 0 Å². The third-order valence-corrected chi connectivity index (χ3v) is 4.47. The Hall–Kier alpha value is -2.71. The number of Topliss-reactive ketones (excluding diaryl/α,β-unsaturated/α-hetero) is 1. The van der Waals surface area contributed by atoms with Gasteiger partial charge < -0.3 is 0 Å². The van der Waals surface area contributed by atoms with Gasteiger partial charge in [-0.05, 0) is 29.8 Å². The molecule has 0 radical (unpaired) electrons. The maximum atomic E-state index is 13.0. The first kappa shape index (κ1) is 14.9. The van der Waals surface area contributed by atoms with Gasteiger partial charge in [-0.25, -0.2) is 0 Å². The summed E-state index contributed by atoms with van der Waals surface area (Å²) in [6.45, 7) is 0. The molecule has 0 heterocycles. The molecule has 0 saturated carbocycles. The summed E-state index contributed by atoms with van der Waals surface area (Å²) >= 11 is 5.99. The predicted octanol–water partition coefficient (Wildman–Crippen LogP) is 5.44. The fourth-order valence-electron chi connectivity index (χ4n) is 3.09. The van der Waals surface area contributed by atoms with E-state index < -0.39 is 0 Å². The van der Waals surface area contributed by atoms with Gasteiger partial charge in [0.2, 0.25) is 0 Å². The first-order valence-electron chi connectivity index (χ1n) is 7.77. The zero-order valence-corrected chi connectivity index (χ0v) is 13.6. The van der Waals surface area contributed by atoms with Gasteiger partial charge in [-0.2, -0.15) is 0 Å². The molecule has 1 aliphatic carbocycles. The van der Waals surface area contributed by atoms with Gasteiger partial charge in [-0.15, -0.1) is 0 Å². The van der Waals surface area contributed by atoms with E-state index in [4.69, 9.17) is 16.6 Å². The number of halogens is 1. The van der Waals surface area contributed by atoms with Gasteiger partial charge in [0.15, 0.2) is 5.78 Å². The van der Waals surface area contributed by atoms with Crippen molar-refractivity contribution in [3.05, 3.63) is 101 Å². The standard InChI is InChI=1S/C21H14ClNO/c22-15-12-10-14(11-13-15)19-20(23-16-6-2-1-3-7-16)17-8-4-5-9-18(17)21(19)24/h1-13,19H/t19-/m0/s1. The Morgan fingerprint density at radius 1 is 0.750 bits per heavy atom. The normalized spacial score (nSPS) is 18.0. The molecule has 0 saturated heterocycles. The van der Waals surface area contributed by atoms with E-state index in [1.807, 2.05) is 78.9 Å². The minimum atomic E-state index is -0.389. The summed E-state index contributed by atoms with van der Waals surface area (Å²) in [7, 11) is 0. The molecular formula is C21H14ClNO. The van der Waals surface area contributed by atoms with E-state index in [1.54, 1.807) is 0 Å². The number of nitrogens with zero attached hydrogens (tertiary/aromatic N) is 1. The van der Waals surface area contributed by atoms with Crippen molar-refractivity contribution >= 4 is 28.8 Å². The van der Waals surface area contributed by atoms with Crippen LogP contribution in [0.15, 0.2) is 83.9 Å². The van der Waals surface area contributed by atoms with Crippen LogP contribution in [0, 0.1) is 0 Å². The molecule has 0 fully saturated rings. The number of hydrogen-bond donors (Lipinski definition) is 0. The first-order valence-corrected chi connectivity index (χ1v) is 8.14. The van der Waals surface area contributed by atoms with Gasteiger partial charge in [0.1, 0.15) is 0 Å². The SMILES string of the molecule is O=C1c2ccccc2C(=Nc2ccccc2)[C@@H]1c1ccc(Cl)cc1. The molecule has 0 unspecified atom stereocenters. The third kappa shape index (κ3) is 2.55. The number of carbonyl (C=O) groups is 1. The second kappa shape index (κ2) is 6.06. The molecule has 0 aromatic heterocycles. The Balaban J connectivity index is 1.90. The molecule has 0 spiro atoms. The maximum Gasteiger partial charge on any atom is 0.176 e. The Morgan fingerprint density at radius 2 is 1.38 bits per heavy atom. The number of fused-ring (bicyclic) bond motifs is 1. The maximum absolute atomic E-state index is 13.0. The number of aliphatic imine (C=N–C) groups is 1. The van der Waals surface area contributed by atoms with Crippen molar-refractivity contribution in [2.75, 3.05) is 0 Å². The molecular weight excluding hydrogens is 318 g/mol. The van der Waals surface area contributed by atoms with Crippen LogP contribution < -0.4 is 0 Å². The fraction of sp³-hybridized carbons (Fsp3) is 0.0476. The highest BCUT2D eigenvalue weighted by Crippen LogP contribution is 2.36. The number of rotatable bonds is 2. The molecule has 0 amide bonds. The lowest BCUT2D eigenvalue weighted by Gasteiger charge is -2.11. The number of benzene rings is 3. The largest absolute Gasteiger partial charge is 0.293 e. The highest BCUT2D eigenvalue weighted by molar-refractivity contribution is 6.32. The molecule has 3 aromatic carbocycles. The summed E-state index contributed by atoms with van der Waals surface area (Å²) in [6, 6.07) is 24.8. The van der Waals surface area contributed by atoms with Crippen molar-refractivity contribution in [1.82, 2.24) is 0 Å². The predicted molar refractivity (Wildman–Crippen MR) is 97.6 cm³/mol. The van der Waals surface area contributed by atoms with Crippen LogP contribution in [0.4, 0.5) is 5.69 Å². The molecule has 0 aliphatic heterocycles. The molecule has 3 heteroatoms. The fourth-order valence-corrected chi connectivity index (χ4v) is 3.21. The van der Waals surface area contributed by atoms with Crippen molar-refractivity contribution < 1.29 is 4.79 Å². The Labute approximate surface area is 145 Å². The first-order chi connectivity index (χ1) is 11.7. The minimum absolute atomic E-state index is 0.0857. The Bertz CT molecular complexity index is 930. The number of carbonyl (C=O) groups excluding carboxylic acids is 1. The van der Waals surface area contributed by atoms with E-state index in [1.165, 1.54) is 0 Å². The van der Waals surface area contributed by atoms with Crippen molar-refractivity contribution in [1.29, 1.82) is 0 Å². The van der Waals surface area contributed by atoms with Gasteiger partial charge in [0, 0.05) is 16.1 Å². The monoisotopic (exact) mass is 331 g/mol. The molecule has 0 bridgehead atoms. The lowest BCUT2D eigenvalue weighted by atomic mass is 9.93. The van der Waals surface area contributed by atoms with Gasteiger partial charge in [-0.1, -0.05) is 66.2 Å². The molecule has 4 rings (SSSR count). The van der Waals surface area contributed by atoms with Gasteiger partial charge in [0.25, 0.3) is 0 Å². The van der Waals surface area contributed by atoms with E-state index in [0.29, 0.717) is 5.02 Å². The van der Waals surface area contributed by atoms with Gasteiger partial charge >= 0.3 is 0 Å². The summed E-state index contributed by atoms with van der Waals surface area (Å²) in [5, 5.41) is 0.656. The van der Waals surface area contributed by atoms with Gasteiger partial charge in [0.05, 0.1) is 17.3 Å². The molecule has 0 N–H and O–H groups in total. The van der Waals surface area contributed by atoms with Crippen LogP contribution in [0.25, 0.3) is 0 Å². The minimum Gasteiger partial charge on any atom is -0.293 e. The van der Waals surface area contributed by atoms with Crippen molar-refractivity contribution in [2.24, 2.45) is 4.99 Å². The Morgan fingerprint density at radius 3 is 2.08 bits per heavy atom. The number of ketones is 1. The lowest BCUT2D eigenvalue weighted by Crippen LogP contribution is -2.13.